The Hall–Kier alpha value is -3.62. The zero-order valence-corrected chi connectivity index (χ0v) is 22.4. The molecule has 0 fully saturated rings. The molecule has 0 aliphatic heterocycles. The number of carbonyl (C=O) groups is 1. The van der Waals surface area contributed by atoms with Gasteiger partial charge in [0.1, 0.15) is 22.9 Å². The Morgan fingerprint density at radius 3 is 2.11 bits per heavy atom. The SMILES string of the molecule is CCCCCCCCCCc1nnn(C(C(=O)Nc2c(OC)cc(OC)cc2OC)c2ccccc2)n1. The summed E-state index contributed by atoms with van der Waals surface area (Å²) in [5.74, 6) is 1.68. The number of amides is 1. The summed E-state index contributed by atoms with van der Waals surface area (Å²) in [6.45, 7) is 2.24. The van der Waals surface area contributed by atoms with Crippen molar-refractivity contribution in [2.24, 2.45) is 0 Å². The maximum absolute atomic E-state index is 13.6. The lowest BCUT2D eigenvalue weighted by atomic mass is 10.1. The highest BCUT2D eigenvalue weighted by molar-refractivity contribution is 5.98. The maximum Gasteiger partial charge on any atom is 0.256 e. The van der Waals surface area contributed by atoms with E-state index in [4.69, 9.17) is 14.2 Å². The summed E-state index contributed by atoms with van der Waals surface area (Å²) in [6.07, 6.45) is 10.6. The first kappa shape index (κ1) is 28.0. The number of aromatic nitrogens is 4. The molecule has 0 aliphatic carbocycles. The number of tetrazole rings is 1. The Bertz CT molecular complexity index is 1080. The van der Waals surface area contributed by atoms with Crippen LogP contribution >= 0.6 is 0 Å². The predicted octanol–water partition coefficient (Wildman–Crippen LogP) is 5.61. The van der Waals surface area contributed by atoms with Crippen LogP contribution in [0, 0.1) is 0 Å². The van der Waals surface area contributed by atoms with Crippen molar-refractivity contribution in [3.63, 3.8) is 0 Å². The number of anilines is 1. The van der Waals surface area contributed by atoms with E-state index in [1.807, 2.05) is 30.3 Å². The zero-order chi connectivity index (χ0) is 26.5. The zero-order valence-electron chi connectivity index (χ0n) is 22.4. The van der Waals surface area contributed by atoms with Gasteiger partial charge in [-0.25, -0.2) is 0 Å². The molecule has 0 saturated heterocycles. The van der Waals surface area contributed by atoms with E-state index in [0.717, 1.165) is 24.8 Å². The first-order valence-corrected chi connectivity index (χ1v) is 13.1. The van der Waals surface area contributed by atoms with Crippen LogP contribution in [0.25, 0.3) is 0 Å². The highest BCUT2D eigenvalue weighted by Gasteiger charge is 2.28. The molecule has 37 heavy (non-hydrogen) atoms. The molecule has 1 aromatic heterocycles. The number of ether oxygens (including phenoxy) is 3. The van der Waals surface area contributed by atoms with Crippen LogP contribution in [0.3, 0.4) is 0 Å². The quantitative estimate of drug-likeness (QED) is 0.251. The van der Waals surface area contributed by atoms with Crippen molar-refractivity contribution < 1.29 is 19.0 Å². The standard InChI is InChI=1S/C28H39N5O4/c1-5-6-7-8-9-10-11-15-18-25-30-32-33(31-25)27(21-16-13-12-14-17-21)28(34)29-26-23(36-3)19-22(35-2)20-24(26)37-4/h12-14,16-17,19-20,27H,5-11,15,18H2,1-4H3,(H,29,34). The molecule has 3 aromatic rings. The highest BCUT2D eigenvalue weighted by atomic mass is 16.5. The fourth-order valence-electron chi connectivity index (χ4n) is 4.23. The van der Waals surface area contributed by atoms with Crippen LogP contribution in [-0.4, -0.2) is 47.4 Å². The molecule has 1 heterocycles. The molecular formula is C28H39N5O4. The van der Waals surface area contributed by atoms with Gasteiger partial charge in [-0.3, -0.25) is 4.79 Å². The summed E-state index contributed by atoms with van der Waals surface area (Å²) < 4.78 is 16.3. The molecule has 2 aromatic carbocycles. The van der Waals surface area contributed by atoms with E-state index in [-0.39, 0.29) is 5.91 Å². The second-order valence-corrected chi connectivity index (χ2v) is 8.96. The van der Waals surface area contributed by atoms with E-state index >= 15 is 0 Å². The average molecular weight is 510 g/mol. The van der Waals surface area contributed by atoms with E-state index in [1.54, 1.807) is 19.2 Å². The maximum atomic E-state index is 13.6. The lowest BCUT2D eigenvalue weighted by Gasteiger charge is -2.19. The van der Waals surface area contributed by atoms with E-state index in [2.05, 4.69) is 27.7 Å². The van der Waals surface area contributed by atoms with Gasteiger partial charge >= 0.3 is 0 Å². The van der Waals surface area contributed by atoms with E-state index in [1.165, 1.54) is 57.5 Å². The number of nitrogens with zero attached hydrogens (tertiary/aromatic N) is 4. The Morgan fingerprint density at radius 1 is 0.892 bits per heavy atom. The van der Waals surface area contributed by atoms with Crippen LogP contribution in [0.2, 0.25) is 0 Å². The smallest absolute Gasteiger partial charge is 0.256 e. The average Bonchev–Trinajstić information content (AvgIpc) is 3.39. The molecule has 0 aliphatic rings. The van der Waals surface area contributed by atoms with Gasteiger partial charge in [-0.05, 0) is 17.2 Å². The number of rotatable bonds is 16. The highest BCUT2D eigenvalue weighted by Crippen LogP contribution is 2.39. The monoisotopic (exact) mass is 509 g/mol. The molecule has 1 N–H and O–H groups in total. The van der Waals surface area contributed by atoms with Crippen molar-refractivity contribution in [2.75, 3.05) is 26.6 Å². The lowest BCUT2D eigenvalue weighted by molar-refractivity contribution is -0.118. The van der Waals surface area contributed by atoms with Crippen molar-refractivity contribution in [1.82, 2.24) is 20.2 Å². The Kier molecular flexibility index (Phi) is 11.2. The summed E-state index contributed by atoms with van der Waals surface area (Å²) in [4.78, 5) is 15.0. The fraction of sp³-hybridized carbons (Fsp3) is 0.500. The van der Waals surface area contributed by atoms with Gasteiger partial charge in [0.15, 0.2) is 11.9 Å². The van der Waals surface area contributed by atoms with E-state index in [9.17, 15) is 4.79 Å². The molecule has 0 radical (unpaired) electrons. The van der Waals surface area contributed by atoms with Crippen molar-refractivity contribution in [1.29, 1.82) is 0 Å². The summed E-state index contributed by atoms with van der Waals surface area (Å²) in [5, 5.41) is 16.0. The van der Waals surface area contributed by atoms with Crippen molar-refractivity contribution >= 4 is 11.6 Å². The first-order chi connectivity index (χ1) is 18.1. The van der Waals surface area contributed by atoms with Gasteiger partial charge in [0.25, 0.3) is 5.91 Å². The molecule has 1 atom stereocenters. The molecule has 9 nitrogen and oxygen atoms in total. The minimum Gasteiger partial charge on any atom is -0.496 e. The van der Waals surface area contributed by atoms with Gasteiger partial charge in [0, 0.05) is 18.6 Å². The largest absolute Gasteiger partial charge is 0.496 e. The number of nitrogens with one attached hydrogen (secondary N) is 1. The van der Waals surface area contributed by atoms with Gasteiger partial charge in [-0.15, -0.1) is 15.0 Å². The van der Waals surface area contributed by atoms with Crippen molar-refractivity contribution in [3.05, 3.63) is 53.9 Å². The van der Waals surface area contributed by atoms with Gasteiger partial charge in [0.05, 0.1) is 21.3 Å². The third-order valence-electron chi connectivity index (χ3n) is 6.28. The molecule has 0 bridgehead atoms. The number of unbranched alkanes of at least 4 members (excludes halogenated alkanes) is 7. The first-order valence-electron chi connectivity index (χ1n) is 13.1. The third-order valence-corrected chi connectivity index (χ3v) is 6.28. The lowest BCUT2D eigenvalue weighted by Crippen LogP contribution is -2.29. The molecule has 0 saturated carbocycles. The fourth-order valence-corrected chi connectivity index (χ4v) is 4.23. The Labute approximate surface area is 219 Å². The number of methoxy groups -OCH3 is 3. The predicted molar refractivity (Wildman–Crippen MR) is 143 cm³/mol. The van der Waals surface area contributed by atoms with Crippen LogP contribution in [0.1, 0.15) is 75.7 Å². The van der Waals surface area contributed by atoms with Gasteiger partial charge in [0.2, 0.25) is 0 Å². The van der Waals surface area contributed by atoms with Gasteiger partial charge < -0.3 is 19.5 Å². The van der Waals surface area contributed by atoms with Crippen molar-refractivity contribution in [2.45, 2.75) is 70.8 Å². The van der Waals surface area contributed by atoms with Crippen LogP contribution in [0.15, 0.2) is 42.5 Å². The molecule has 3 rings (SSSR count). The second kappa shape index (κ2) is 14.8. The van der Waals surface area contributed by atoms with Gasteiger partial charge in [-0.2, -0.15) is 0 Å². The topological polar surface area (TPSA) is 100 Å². The molecule has 9 heteroatoms. The van der Waals surface area contributed by atoms with Gasteiger partial charge in [-0.1, -0.05) is 82.2 Å². The summed E-state index contributed by atoms with van der Waals surface area (Å²) in [7, 11) is 4.60. The minimum absolute atomic E-state index is 0.344. The van der Waals surface area contributed by atoms with Crippen LogP contribution < -0.4 is 19.5 Å². The van der Waals surface area contributed by atoms with E-state index < -0.39 is 6.04 Å². The Balaban J connectivity index is 1.73. The summed E-state index contributed by atoms with van der Waals surface area (Å²) >= 11 is 0. The molecule has 1 amide bonds. The molecule has 0 spiro atoms. The molecule has 200 valence electrons. The van der Waals surface area contributed by atoms with Crippen LogP contribution in [0.4, 0.5) is 5.69 Å². The molecular weight excluding hydrogens is 470 g/mol. The van der Waals surface area contributed by atoms with Crippen molar-refractivity contribution in [3.8, 4) is 17.2 Å². The number of aryl methyl sites for hydroxylation is 1. The second-order valence-electron chi connectivity index (χ2n) is 8.96. The number of carbonyl (C=O) groups excluding carboxylic acids is 1. The minimum atomic E-state index is -0.822. The normalized spacial score (nSPS) is 11.7. The molecule has 1 unspecified atom stereocenters. The number of benzene rings is 2. The summed E-state index contributed by atoms with van der Waals surface area (Å²) in [5.41, 5.74) is 1.14. The Morgan fingerprint density at radius 2 is 1.51 bits per heavy atom. The third kappa shape index (κ3) is 7.93. The van der Waals surface area contributed by atoms with Crippen LogP contribution in [-0.2, 0) is 11.2 Å². The summed E-state index contributed by atoms with van der Waals surface area (Å²) in [6, 6.07) is 11.9. The van der Waals surface area contributed by atoms with E-state index in [0.29, 0.717) is 28.8 Å². The number of hydrogen-bond acceptors (Lipinski definition) is 7. The van der Waals surface area contributed by atoms with Crippen LogP contribution in [0.5, 0.6) is 17.2 Å². The number of hydrogen-bond donors (Lipinski definition) is 1.